The largest absolute Gasteiger partial charge is 0.455 e. The van der Waals surface area contributed by atoms with E-state index in [9.17, 15) is 18.5 Å². The third-order valence-electron chi connectivity index (χ3n) is 4.31. The maximum absolute atomic E-state index is 12.5. The summed E-state index contributed by atoms with van der Waals surface area (Å²) < 4.78 is 33.0. The van der Waals surface area contributed by atoms with Crippen LogP contribution in [-0.2, 0) is 10.0 Å². The molecule has 0 saturated carbocycles. The Hall–Kier alpha value is -4.58. The molecular weight excluding hydrogens is 448 g/mol. The van der Waals surface area contributed by atoms with Gasteiger partial charge in [-0.2, -0.15) is 5.10 Å². The van der Waals surface area contributed by atoms with Crippen molar-refractivity contribution in [2.45, 2.75) is 4.90 Å². The number of hydrogen-bond donors (Lipinski definition) is 2. The van der Waals surface area contributed by atoms with Gasteiger partial charge in [0.1, 0.15) is 11.5 Å². The number of hydrazone groups is 1. The van der Waals surface area contributed by atoms with Crippen LogP contribution in [0.25, 0.3) is 11.3 Å². The van der Waals surface area contributed by atoms with Gasteiger partial charge in [0.05, 0.1) is 21.7 Å². The second-order valence-electron chi connectivity index (χ2n) is 6.58. The Morgan fingerprint density at radius 3 is 2.48 bits per heavy atom. The normalized spacial score (nSPS) is 11.4. The van der Waals surface area contributed by atoms with Crippen LogP contribution >= 0.6 is 0 Å². The zero-order valence-electron chi connectivity index (χ0n) is 16.8. The SMILES string of the molecule is O=[N+]([O-])c1cccc(NN=Cc2ccc(-c3ccc(S(=O)(=O)Nc4ncccn4)cc3)o2)c1. The molecule has 2 N–H and O–H groups in total. The number of nitro benzene ring substituents is 1. The van der Waals surface area contributed by atoms with Crippen LogP contribution in [0.1, 0.15) is 5.76 Å². The van der Waals surface area contributed by atoms with Gasteiger partial charge in [-0.25, -0.2) is 23.1 Å². The number of nitro groups is 1. The van der Waals surface area contributed by atoms with Crippen LogP contribution in [0.5, 0.6) is 0 Å². The Balaban J connectivity index is 1.42. The first-order valence-electron chi connectivity index (χ1n) is 9.44. The number of non-ortho nitro benzene ring substituents is 1. The van der Waals surface area contributed by atoms with E-state index in [2.05, 4.69) is 25.2 Å². The molecule has 0 fully saturated rings. The fraction of sp³-hybridized carbons (Fsp3) is 0. The minimum Gasteiger partial charge on any atom is -0.455 e. The lowest BCUT2D eigenvalue weighted by Gasteiger charge is -2.06. The molecule has 0 atom stereocenters. The van der Waals surface area contributed by atoms with E-state index in [1.165, 1.54) is 42.9 Å². The molecule has 12 heteroatoms. The van der Waals surface area contributed by atoms with Crippen molar-refractivity contribution in [2.75, 3.05) is 10.1 Å². The van der Waals surface area contributed by atoms with E-state index < -0.39 is 14.9 Å². The smallest absolute Gasteiger partial charge is 0.271 e. The summed E-state index contributed by atoms with van der Waals surface area (Å²) in [5.41, 5.74) is 3.77. The third kappa shape index (κ3) is 5.37. The number of nitrogens with one attached hydrogen (secondary N) is 2. The summed E-state index contributed by atoms with van der Waals surface area (Å²) in [7, 11) is -3.83. The molecule has 2 aromatic heterocycles. The fourth-order valence-corrected chi connectivity index (χ4v) is 3.72. The van der Waals surface area contributed by atoms with Crippen LogP contribution in [0.2, 0.25) is 0 Å². The summed E-state index contributed by atoms with van der Waals surface area (Å²) in [5, 5.41) is 14.8. The second kappa shape index (κ2) is 9.28. The van der Waals surface area contributed by atoms with Gasteiger partial charge in [-0.05, 0) is 48.5 Å². The number of sulfonamides is 1. The number of aromatic nitrogens is 2. The van der Waals surface area contributed by atoms with Gasteiger partial charge >= 0.3 is 0 Å². The summed E-state index contributed by atoms with van der Waals surface area (Å²) in [6.45, 7) is 0. The van der Waals surface area contributed by atoms with Crippen molar-refractivity contribution in [3.8, 4) is 11.3 Å². The van der Waals surface area contributed by atoms with Crippen LogP contribution in [-0.4, -0.2) is 29.5 Å². The number of nitrogens with zero attached hydrogens (tertiary/aromatic N) is 4. The molecule has 0 unspecified atom stereocenters. The molecule has 2 aromatic carbocycles. The Kier molecular flexibility index (Phi) is 6.09. The summed E-state index contributed by atoms with van der Waals surface area (Å²) in [5.74, 6) is 0.924. The Labute approximate surface area is 188 Å². The minimum atomic E-state index is -3.83. The van der Waals surface area contributed by atoms with Crippen LogP contribution in [0.15, 0.2) is 93.5 Å². The first-order chi connectivity index (χ1) is 15.9. The van der Waals surface area contributed by atoms with Crippen LogP contribution in [0.3, 0.4) is 0 Å². The quantitative estimate of drug-likeness (QED) is 0.226. The van der Waals surface area contributed by atoms with Gasteiger partial charge in [0.15, 0.2) is 0 Å². The van der Waals surface area contributed by atoms with Gasteiger partial charge in [0.25, 0.3) is 15.7 Å². The van der Waals surface area contributed by atoms with Crippen LogP contribution in [0.4, 0.5) is 17.3 Å². The topological polar surface area (TPSA) is 153 Å². The molecule has 0 amide bonds. The van der Waals surface area contributed by atoms with Crippen molar-refractivity contribution in [3.05, 3.63) is 95.0 Å². The predicted molar refractivity (Wildman–Crippen MR) is 121 cm³/mol. The van der Waals surface area contributed by atoms with E-state index in [0.29, 0.717) is 22.8 Å². The van der Waals surface area contributed by atoms with Gasteiger partial charge in [0.2, 0.25) is 5.95 Å². The molecule has 2 heterocycles. The van der Waals surface area contributed by atoms with Gasteiger partial charge in [-0.1, -0.05) is 6.07 Å². The highest BCUT2D eigenvalue weighted by molar-refractivity contribution is 7.92. The molecule has 0 bridgehead atoms. The molecule has 33 heavy (non-hydrogen) atoms. The van der Waals surface area contributed by atoms with Gasteiger partial charge < -0.3 is 4.42 Å². The molecule has 0 aliphatic carbocycles. The lowest BCUT2D eigenvalue weighted by molar-refractivity contribution is -0.384. The molecule has 0 radical (unpaired) electrons. The van der Waals surface area contributed by atoms with Crippen molar-refractivity contribution in [3.63, 3.8) is 0 Å². The van der Waals surface area contributed by atoms with Crippen molar-refractivity contribution in [1.82, 2.24) is 9.97 Å². The molecule has 0 aliphatic heterocycles. The Morgan fingerprint density at radius 2 is 1.76 bits per heavy atom. The Morgan fingerprint density at radius 1 is 1.00 bits per heavy atom. The summed E-state index contributed by atoms with van der Waals surface area (Å²) >= 11 is 0. The predicted octanol–water partition coefficient (Wildman–Crippen LogP) is 3.89. The number of rotatable bonds is 8. The first kappa shape index (κ1) is 21.6. The zero-order chi connectivity index (χ0) is 23.3. The van der Waals surface area contributed by atoms with Crippen LogP contribution in [0, 0.1) is 10.1 Å². The highest BCUT2D eigenvalue weighted by Crippen LogP contribution is 2.24. The summed E-state index contributed by atoms with van der Waals surface area (Å²) in [6, 6.07) is 17.0. The van der Waals surface area contributed by atoms with Crippen molar-refractivity contribution < 1.29 is 17.8 Å². The maximum atomic E-state index is 12.5. The van der Waals surface area contributed by atoms with E-state index in [-0.39, 0.29) is 16.5 Å². The van der Waals surface area contributed by atoms with Crippen molar-refractivity contribution >= 4 is 33.6 Å². The lowest BCUT2D eigenvalue weighted by atomic mass is 10.2. The monoisotopic (exact) mass is 464 g/mol. The van der Waals surface area contributed by atoms with Gasteiger partial charge in [0, 0.05) is 30.1 Å². The molecular formula is C21H16N6O5S. The molecule has 0 saturated heterocycles. The van der Waals surface area contributed by atoms with Gasteiger partial charge in [-0.15, -0.1) is 0 Å². The standard InChI is InChI=1S/C21H16N6O5S/c28-27(29)17-4-1-3-16(13-17)25-24-14-18-7-10-20(32-18)15-5-8-19(9-6-15)33(30,31)26-21-22-11-2-12-23-21/h1-14,25H,(H,22,23,26). The van der Waals surface area contributed by atoms with Crippen molar-refractivity contribution in [1.29, 1.82) is 0 Å². The van der Waals surface area contributed by atoms with Crippen LogP contribution < -0.4 is 10.1 Å². The summed E-state index contributed by atoms with van der Waals surface area (Å²) in [6.07, 6.45) is 4.29. The van der Waals surface area contributed by atoms with E-state index in [1.54, 1.807) is 42.5 Å². The fourth-order valence-electron chi connectivity index (χ4n) is 2.77. The molecule has 4 aromatic rings. The average Bonchev–Trinajstić information content (AvgIpc) is 3.29. The highest BCUT2D eigenvalue weighted by atomic mass is 32.2. The van der Waals surface area contributed by atoms with E-state index in [0.717, 1.165) is 0 Å². The molecule has 11 nitrogen and oxygen atoms in total. The lowest BCUT2D eigenvalue weighted by Crippen LogP contribution is -2.14. The first-order valence-corrected chi connectivity index (χ1v) is 10.9. The number of hydrogen-bond acceptors (Lipinski definition) is 9. The maximum Gasteiger partial charge on any atom is 0.271 e. The van der Waals surface area contributed by atoms with Gasteiger partial charge in [-0.3, -0.25) is 15.5 Å². The number of anilines is 2. The Bertz CT molecular complexity index is 1400. The van der Waals surface area contributed by atoms with E-state index >= 15 is 0 Å². The molecule has 0 aliphatic rings. The highest BCUT2D eigenvalue weighted by Gasteiger charge is 2.16. The number of furan rings is 1. The molecule has 0 spiro atoms. The average molecular weight is 464 g/mol. The third-order valence-corrected chi connectivity index (χ3v) is 5.65. The second-order valence-corrected chi connectivity index (χ2v) is 8.26. The van der Waals surface area contributed by atoms with Crippen molar-refractivity contribution in [2.24, 2.45) is 5.10 Å². The zero-order valence-corrected chi connectivity index (χ0v) is 17.6. The minimum absolute atomic E-state index is 0.0183. The molecule has 4 rings (SSSR count). The number of benzene rings is 2. The summed E-state index contributed by atoms with van der Waals surface area (Å²) in [4.78, 5) is 18.1. The van der Waals surface area contributed by atoms with E-state index in [1.807, 2.05) is 0 Å². The molecule has 166 valence electrons. The van der Waals surface area contributed by atoms with E-state index in [4.69, 9.17) is 4.42 Å².